The Morgan fingerprint density at radius 3 is 2.43 bits per heavy atom. The van der Waals surface area contributed by atoms with Crippen molar-refractivity contribution >= 4 is 17.5 Å². The van der Waals surface area contributed by atoms with Crippen molar-refractivity contribution in [1.82, 2.24) is 34.4 Å². The molecule has 2 unspecified atom stereocenters. The molecule has 2 aromatic heterocycles. The second kappa shape index (κ2) is 8.87. The molecule has 4 heterocycles. The van der Waals surface area contributed by atoms with Crippen molar-refractivity contribution in [3.63, 3.8) is 0 Å². The van der Waals surface area contributed by atoms with E-state index in [1.54, 1.807) is 53.1 Å². The smallest absolute Gasteiger partial charge is 0.255 e. The maximum Gasteiger partial charge on any atom is 0.255 e. The van der Waals surface area contributed by atoms with E-state index in [0.29, 0.717) is 23.4 Å². The molecule has 0 spiro atoms. The average molecular weight is 505 g/mol. The summed E-state index contributed by atoms with van der Waals surface area (Å²) in [7, 11) is 0. The fourth-order valence-corrected chi connectivity index (χ4v) is 5.38. The van der Waals surface area contributed by atoms with Gasteiger partial charge in [-0.3, -0.25) is 14.2 Å². The number of nitrogens with one attached hydrogen (secondary N) is 1. The van der Waals surface area contributed by atoms with Crippen LogP contribution in [0.2, 0.25) is 0 Å². The molecule has 188 valence electrons. The molecule has 1 aliphatic carbocycles. The molecule has 0 radical (unpaired) electrons. The predicted octanol–water partition coefficient (Wildman–Crippen LogP) is 3.12. The molecule has 1 saturated carbocycles. The topological polar surface area (TPSA) is 111 Å². The van der Waals surface area contributed by atoms with Crippen LogP contribution in [0.4, 0.5) is 14.5 Å². The number of amides is 2. The average Bonchev–Trinajstić information content (AvgIpc) is 3.63. The van der Waals surface area contributed by atoms with Crippen molar-refractivity contribution in [2.45, 2.75) is 37.3 Å². The molecule has 10 nitrogen and oxygen atoms in total. The van der Waals surface area contributed by atoms with Crippen LogP contribution in [0.15, 0.2) is 73.8 Å². The first-order chi connectivity index (χ1) is 17.9. The first-order valence-corrected chi connectivity index (χ1v) is 11.8. The Bertz CT molecular complexity index is 1420. The zero-order chi connectivity index (χ0) is 25.6. The van der Waals surface area contributed by atoms with Gasteiger partial charge in [0.15, 0.2) is 0 Å². The summed E-state index contributed by atoms with van der Waals surface area (Å²) in [6.45, 7) is 0. The number of carbonyl (C=O) groups is 2. The van der Waals surface area contributed by atoms with E-state index in [0.717, 1.165) is 5.69 Å². The molecule has 3 aliphatic rings. The molecule has 37 heavy (non-hydrogen) atoms. The van der Waals surface area contributed by atoms with E-state index in [9.17, 15) is 9.59 Å². The Balaban J connectivity index is 1.32. The van der Waals surface area contributed by atoms with Gasteiger partial charge in [-0.25, -0.2) is 18.4 Å². The summed E-state index contributed by atoms with van der Waals surface area (Å²) in [5, 5.41) is 14.4. The number of hydrogen-bond acceptors (Lipinski definition) is 6. The minimum Gasteiger partial charge on any atom is -0.323 e. The summed E-state index contributed by atoms with van der Waals surface area (Å²) in [6, 6.07) is 11.5. The van der Waals surface area contributed by atoms with E-state index in [1.165, 1.54) is 34.9 Å². The van der Waals surface area contributed by atoms with E-state index in [-0.39, 0.29) is 6.42 Å². The van der Waals surface area contributed by atoms with Crippen LogP contribution in [-0.4, -0.2) is 64.2 Å². The summed E-state index contributed by atoms with van der Waals surface area (Å²) in [5.74, 6) is -5.44. The standard InChI is InChI=1S/C25H22F2N8O2/c26-25(27)11-18-9-10-19(25)22(23(36)32-20-3-1-2-4-21(20)34-13-28-12-31-34)35(18)24(37)16-5-7-17(8-6-16)33-14-29-30-15-33/h1-8,12-15,18-19,22H,9-11H2,(H,32,36)/t18?,19?,22-/m0/s1. The number of rotatable bonds is 5. The number of hydrogen-bond donors (Lipinski definition) is 1. The molecule has 4 aromatic rings. The predicted molar refractivity (Wildman–Crippen MR) is 127 cm³/mol. The Morgan fingerprint density at radius 2 is 1.73 bits per heavy atom. The summed E-state index contributed by atoms with van der Waals surface area (Å²) in [5.41, 5.74) is 1.97. The third kappa shape index (κ3) is 4.03. The van der Waals surface area contributed by atoms with Gasteiger partial charge in [-0.15, -0.1) is 10.2 Å². The van der Waals surface area contributed by atoms with E-state index in [4.69, 9.17) is 0 Å². The molecular formula is C25H22F2N8O2. The van der Waals surface area contributed by atoms with Gasteiger partial charge in [0.2, 0.25) is 5.91 Å². The van der Waals surface area contributed by atoms with Crippen molar-refractivity contribution in [1.29, 1.82) is 0 Å². The Morgan fingerprint density at radius 1 is 0.973 bits per heavy atom. The molecule has 12 heteroatoms. The summed E-state index contributed by atoms with van der Waals surface area (Å²) in [4.78, 5) is 32.6. The summed E-state index contributed by atoms with van der Waals surface area (Å²) < 4.78 is 33.2. The number of carbonyl (C=O) groups excluding carboxylic acids is 2. The van der Waals surface area contributed by atoms with E-state index in [2.05, 4.69) is 25.6 Å². The SMILES string of the molecule is O=C(Nc1ccccc1-n1cncn1)[C@@H]1C2CCC(CC2(F)F)N1C(=O)c1ccc(-n2cnnc2)cc1. The van der Waals surface area contributed by atoms with Gasteiger partial charge in [0.1, 0.15) is 31.4 Å². The molecular weight excluding hydrogens is 482 g/mol. The molecule has 2 bridgehead atoms. The van der Waals surface area contributed by atoms with Crippen molar-refractivity contribution in [3.05, 3.63) is 79.4 Å². The van der Waals surface area contributed by atoms with Gasteiger partial charge in [0, 0.05) is 23.7 Å². The molecule has 3 atom stereocenters. The molecule has 3 fully saturated rings. The summed E-state index contributed by atoms with van der Waals surface area (Å²) >= 11 is 0. The molecule has 7 rings (SSSR count). The highest BCUT2D eigenvalue weighted by Crippen LogP contribution is 2.49. The highest BCUT2D eigenvalue weighted by molar-refractivity contribution is 6.02. The number of alkyl halides is 2. The number of halogens is 2. The quantitative estimate of drug-likeness (QED) is 0.447. The van der Waals surface area contributed by atoms with Gasteiger partial charge in [-0.2, -0.15) is 5.10 Å². The lowest BCUT2D eigenvalue weighted by molar-refractivity contribution is -0.176. The third-order valence-corrected chi connectivity index (χ3v) is 7.10. The zero-order valence-electron chi connectivity index (χ0n) is 19.5. The van der Waals surface area contributed by atoms with Crippen LogP contribution in [0.5, 0.6) is 0 Å². The van der Waals surface area contributed by atoms with Crippen LogP contribution in [0.3, 0.4) is 0 Å². The highest BCUT2D eigenvalue weighted by Gasteiger charge is 2.60. The van der Waals surface area contributed by atoms with Crippen LogP contribution < -0.4 is 5.32 Å². The zero-order valence-corrected chi connectivity index (χ0v) is 19.5. The Kier molecular flexibility index (Phi) is 5.50. The van der Waals surface area contributed by atoms with Crippen molar-refractivity contribution in [2.75, 3.05) is 5.32 Å². The van der Waals surface area contributed by atoms with Gasteiger partial charge in [-0.1, -0.05) is 12.1 Å². The number of piperidine rings is 2. The minimum atomic E-state index is -3.05. The Hall–Kier alpha value is -4.48. The lowest BCUT2D eigenvalue weighted by Gasteiger charge is -2.53. The highest BCUT2D eigenvalue weighted by atomic mass is 19.3. The van der Waals surface area contributed by atoms with Gasteiger partial charge < -0.3 is 10.2 Å². The largest absolute Gasteiger partial charge is 0.323 e. The van der Waals surface area contributed by atoms with Crippen LogP contribution >= 0.6 is 0 Å². The first-order valence-electron chi connectivity index (χ1n) is 11.8. The number of para-hydroxylation sites is 2. The molecule has 2 amide bonds. The van der Waals surface area contributed by atoms with Gasteiger partial charge in [0.25, 0.3) is 11.8 Å². The van der Waals surface area contributed by atoms with E-state index in [1.807, 2.05) is 0 Å². The number of benzene rings is 2. The monoisotopic (exact) mass is 504 g/mol. The van der Waals surface area contributed by atoms with Crippen LogP contribution in [0.25, 0.3) is 11.4 Å². The maximum absolute atomic E-state index is 15.0. The van der Waals surface area contributed by atoms with Crippen LogP contribution in [0.1, 0.15) is 29.6 Å². The number of anilines is 1. The summed E-state index contributed by atoms with van der Waals surface area (Å²) in [6.07, 6.45) is 6.01. The van der Waals surface area contributed by atoms with Crippen LogP contribution in [0, 0.1) is 5.92 Å². The van der Waals surface area contributed by atoms with E-state index >= 15 is 8.78 Å². The fraction of sp³-hybridized carbons (Fsp3) is 0.280. The van der Waals surface area contributed by atoms with Crippen molar-refractivity contribution < 1.29 is 18.4 Å². The molecule has 2 saturated heterocycles. The maximum atomic E-state index is 15.0. The molecule has 2 aliphatic heterocycles. The molecule has 2 aromatic carbocycles. The number of nitrogens with zero attached hydrogens (tertiary/aromatic N) is 7. The molecule has 1 N–H and O–H groups in total. The van der Waals surface area contributed by atoms with Gasteiger partial charge in [0.05, 0.1) is 17.3 Å². The lowest BCUT2D eigenvalue weighted by Crippen LogP contribution is -2.67. The van der Waals surface area contributed by atoms with Crippen LogP contribution in [-0.2, 0) is 4.79 Å². The van der Waals surface area contributed by atoms with Crippen molar-refractivity contribution in [2.24, 2.45) is 5.92 Å². The number of fused-ring (bicyclic) bond motifs is 3. The normalized spacial score (nSPS) is 22.1. The first kappa shape index (κ1) is 23.0. The van der Waals surface area contributed by atoms with Gasteiger partial charge in [-0.05, 0) is 49.2 Å². The second-order valence-corrected chi connectivity index (χ2v) is 9.22. The van der Waals surface area contributed by atoms with Gasteiger partial charge >= 0.3 is 0 Å². The van der Waals surface area contributed by atoms with E-state index < -0.39 is 42.2 Å². The lowest BCUT2D eigenvalue weighted by atomic mass is 9.71. The fourth-order valence-electron chi connectivity index (χ4n) is 5.38. The Labute approximate surface area is 209 Å². The third-order valence-electron chi connectivity index (χ3n) is 7.10. The second-order valence-electron chi connectivity index (χ2n) is 9.22. The van der Waals surface area contributed by atoms with Crippen molar-refractivity contribution in [3.8, 4) is 11.4 Å². The minimum absolute atomic E-state index is 0.164. The number of aromatic nitrogens is 6.